The summed E-state index contributed by atoms with van der Waals surface area (Å²) in [6.45, 7) is 2.04. The van der Waals surface area contributed by atoms with Crippen LogP contribution < -0.4 is 10.6 Å². The summed E-state index contributed by atoms with van der Waals surface area (Å²) in [7, 11) is 0. The van der Waals surface area contributed by atoms with Gasteiger partial charge in [0, 0.05) is 29.2 Å². The summed E-state index contributed by atoms with van der Waals surface area (Å²) in [5, 5.41) is 16.8. The van der Waals surface area contributed by atoms with Gasteiger partial charge in [0.25, 0.3) is 0 Å². The molecule has 0 fully saturated rings. The van der Waals surface area contributed by atoms with Gasteiger partial charge in [0.2, 0.25) is 0 Å². The normalized spacial score (nSPS) is 10.3. The minimum atomic E-state index is -0.363. The maximum Gasteiger partial charge on any atom is 0.323 e. The lowest BCUT2D eigenvalue weighted by Gasteiger charge is -2.12. The van der Waals surface area contributed by atoms with Crippen molar-refractivity contribution in [3.05, 3.63) is 90.3 Å². The molecule has 29 heavy (non-hydrogen) atoms. The van der Waals surface area contributed by atoms with Crippen LogP contribution >= 0.6 is 0 Å². The smallest absolute Gasteiger partial charge is 0.308 e. The maximum absolute atomic E-state index is 12.4. The van der Waals surface area contributed by atoms with Gasteiger partial charge in [-0.1, -0.05) is 24.3 Å². The number of nitrogens with zero attached hydrogens (tertiary/aromatic N) is 2. The Morgan fingerprint density at radius 2 is 1.76 bits per heavy atom. The minimum absolute atomic E-state index is 0.363. The summed E-state index contributed by atoms with van der Waals surface area (Å²) in [6.07, 6.45) is 3.63. The first-order valence-electron chi connectivity index (χ1n) is 9.15. The summed E-state index contributed by atoms with van der Waals surface area (Å²) >= 11 is 0. The zero-order valence-corrected chi connectivity index (χ0v) is 15.8. The second kappa shape index (κ2) is 7.83. The molecule has 0 spiro atoms. The number of aryl methyl sites for hydroxylation is 1. The van der Waals surface area contributed by atoms with Crippen LogP contribution in [-0.2, 0) is 0 Å². The van der Waals surface area contributed by atoms with Gasteiger partial charge in [-0.25, -0.2) is 4.79 Å². The summed E-state index contributed by atoms with van der Waals surface area (Å²) in [6, 6.07) is 22.5. The number of hydrogen-bond acceptors (Lipinski definition) is 3. The summed E-state index contributed by atoms with van der Waals surface area (Å²) < 4.78 is 0. The van der Waals surface area contributed by atoms with Crippen LogP contribution in [0.2, 0.25) is 0 Å². The van der Waals surface area contributed by atoms with E-state index in [9.17, 15) is 4.79 Å². The van der Waals surface area contributed by atoms with Crippen molar-refractivity contribution in [1.82, 2.24) is 4.98 Å². The van der Waals surface area contributed by atoms with E-state index >= 15 is 0 Å². The number of anilines is 2. The minimum Gasteiger partial charge on any atom is -0.308 e. The van der Waals surface area contributed by atoms with Crippen molar-refractivity contribution in [3.8, 4) is 17.2 Å². The van der Waals surface area contributed by atoms with E-state index in [2.05, 4.69) is 39.9 Å². The van der Waals surface area contributed by atoms with Crippen molar-refractivity contribution in [2.75, 3.05) is 10.6 Å². The molecule has 3 aromatic carbocycles. The molecule has 0 saturated heterocycles. The number of amides is 2. The van der Waals surface area contributed by atoms with E-state index in [4.69, 9.17) is 5.26 Å². The Hall–Kier alpha value is -4.17. The Kier molecular flexibility index (Phi) is 4.91. The van der Waals surface area contributed by atoms with Gasteiger partial charge in [0.15, 0.2) is 0 Å². The molecular weight excluding hydrogens is 360 g/mol. The standard InChI is InChI=1S/C24H18N4O/c1-16-5-8-22(28-24(29)27-21-4-2-3-17(11-21)14-25)13-23(16)19-7-6-18-9-10-26-15-20(18)12-19/h2-13,15H,1H3,(H2,27,28,29). The molecule has 0 atom stereocenters. The van der Waals surface area contributed by atoms with Crippen LogP contribution in [0, 0.1) is 18.3 Å². The van der Waals surface area contributed by atoms with Crippen molar-refractivity contribution in [2.45, 2.75) is 6.92 Å². The number of urea groups is 1. The molecule has 4 rings (SSSR count). The van der Waals surface area contributed by atoms with Gasteiger partial charge in [-0.3, -0.25) is 4.98 Å². The maximum atomic E-state index is 12.4. The lowest BCUT2D eigenvalue weighted by molar-refractivity contribution is 0.262. The van der Waals surface area contributed by atoms with Gasteiger partial charge >= 0.3 is 6.03 Å². The average molecular weight is 378 g/mol. The van der Waals surface area contributed by atoms with Crippen LogP contribution in [0.4, 0.5) is 16.2 Å². The highest BCUT2D eigenvalue weighted by atomic mass is 16.2. The number of pyridine rings is 1. The molecule has 1 heterocycles. The molecule has 0 saturated carbocycles. The number of fused-ring (bicyclic) bond motifs is 1. The van der Waals surface area contributed by atoms with Crippen molar-refractivity contribution >= 4 is 28.2 Å². The van der Waals surface area contributed by atoms with Crippen molar-refractivity contribution in [1.29, 1.82) is 5.26 Å². The Bertz CT molecular complexity index is 1260. The second-order valence-electron chi connectivity index (χ2n) is 6.74. The van der Waals surface area contributed by atoms with E-state index in [0.29, 0.717) is 16.9 Å². The summed E-state index contributed by atoms with van der Waals surface area (Å²) in [5.74, 6) is 0. The van der Waals surface area contributed by atoms with E-state index in [1.165, 1.54) is 0 Å². The number of nitriles is 1. The molecule has 0 radical (unpaired) electrons. The lowest BCUT2D eigenvalue weighted by Crippen LogP contribution is -2.19. The lowest BCUT2D eigenvalue weighted by atomic mass is 9.98. The number of nitrogens with one attached hydrogen (secondary N) is 2. The van der Waals surface area contributed by atoms with E-state index in [0.717, 1.165) is 27.5 Å². The highest BCUT2D eigenvalue weighted by Gasteiger charge is 2.08. The molecule has 4 aromatic rings. The third-order valence-electron chi connectivity index (χ3n) is 4.70. The van der Waals surface area contributed by atoms with Gasteiger partial charge in [-0.15, -0.1) is 0 Å². The average Bonchev–Trinajstić information content (AvgIpc) is 2.75. The summed E-state index contributed by atoms with van der Waals surface area (Å²) in [4.78, 5) is 16.6. The fourth-order valence-electron chi connectivity index (χ4n) is 3.22. The molecule has 5 heteroatoms. The number of benzene rings is 3. The predicted octanol–water partition coefficient (Wildman–Crippen LogP) is 5.73. The van der Waals surface area contributed by atoms with Crippen LogP contribution in [0.1, 0.15) is 11.1 Å². The first kappa shape index (κ1) is 18.2. The zero-order chi connectivity index (χ0) is 20.2. The monoisotopic (exact) mass is 378 g/mol. The Labute approximate surface area is 168 Å². The Morgan fingerprint density at radius 1 is 0.931 bits per heavy atom. The van der Waals surface area contributed by atoms with E-state index in [1.54, 1.807) is 30.5 Å². The van der Waals surface area contributed by atoms with Crippen LogP contribution in [0.3, 0.4) is 0 Å². The Balaban J connectivity index is 1.57. The number of rotatable bonds is 3. The van der Waals surface area contributed by atoms with Crippen LogP contribution in [0.25, 0.3) is 21.9 Å². The van der Waals surface area contributed by atoms with E-state index < -0.39 is 0 Å². The molecule has 5 nitrogen and oxygen atoms in total. The molecule has 0 aliphatic heterocycles. The first-order valence-corrected chi connectivity index (χ1v) is 9.15. The number of carbonyl (C=O) groups is 1. The molecule has 2 amide bonds. The SMILES string of the molecule is Cc1ccc(NC(=O)Nc2cccc(C#N)c2)cc1-c1ccc2ccncc2c1. The largest absolute Gasteiger partial charge is 0.323 e. The zero-order valence-electron chi connectivity index (χ0n) is 15.8. The van der Waals surface area contributed by atoms with Crippen molar-refractivity contribution in [3.63, 3.8) is 0 Å². The highest BCUT2D eigenvalue weighted by Crippen LogP contribution is 2.29. The van der Waals surface area contributed by atoms with Crippen LogP contribution in [-0.4, -0.2) is 11.0 Å². The molecule has 140 valence electrons. The van der Waals surface area contributed by atoms with Gasteiger partial charge in [0.05, 0.1) is 11.6 Å². The second-order valence-corrected chi connectivity index (χ2v) is 6.74. The molecule has 0 aliphatic carbocycles. The first-order chi connectivity index (χ1) is 14.1. The van der Waals surface area contributed by atoms with Gasteiger partial charge in [-0.2, -0.15) is 5.26 Å². The van der Waals surface area contributed by atoms with Crippen LogP contribution in [0.15, 0.2) is 79.1 Å². The van der Waals surface area contributed by atoms with Crippen LogP contribution in [0.5, 0.6) is 0 Å². The molecule has 1 aromatic heterocycles. The van der Waals surface area contributed by atoms with E-state index in [-0.39, 0.29) is 6.03 Å². The van der Waals surface area contributed by atoms with Gasteiger partial charge < -0.3 is 10.6 Å². The molecule has 0 bridgehead atoms. The molecule has 0 aliphatic rings. The third-order valence-corrected chi connectivity index (χ3v) is 4.70. The molecule has 2 N–H and O–H groups in total. The van der Waals surface area contributed by atoms with Gasteiger partial charge in [-0.05, 0) is 71.5 Å². The number of aromatic nitrogens is 1. The van der Waals surface area contributed by atoms with Crippen molar-refractivity contribution < 1.29 is 4.79 Å². The summed E-state index contributed by atoms with van der Waals surface area (Å²) in [5.41, 5.74) is 4.96. The Morgan fingerprint density at radius 3 is 2.59 bits per heavy atom. The molecular formula is C24H18N4O. The quantitative estimate of drug-likeness (QED) is 0.478. The highest BCUT2D eigenvalue weighted by molar-refractivity contribution is 6.00. The molecule has 0 unspecified atom stereocenters. The fraction of sp³-hybridized carbons (Fsp3) is 0.0417. The number of hydrogen-bond donors (Lipinski definition) is 2. The van der Waals surface area contributed by atoms with Gasteiger partial charge in [0.1, 0.15) is 0 Å². The fourth-order valence-corrected chi connectivity index (χ4v) is 3.22. The third kappa shape index (κ3) is 4.07. The topological polar surface area (TPSA) is 77.8 Å². The van der Waals surface area contributed by atoms with Crippen molar-refractivity contribution in [2.24, 2.45) is 0 Å². The predicted molar refractivity (Wildman–Crippen MR) is 116 cm³/mol. The van der Waals surface area contributed by atoms with E-state index in [1.807, 2.05) is 37.4 Å². The number of carbonyl (C=O) groups excluding carboxylic acids is 1.